The van der Waals surface area contributed by atoms with E-state index in [4.69, 9.17) is 28.3 Å². The maximum atomic E-state index is 13.0. The molecule has 0 aromatic heterocycles. The fourth-order valence-corrected chi connectivity index (χ4v) is 6.39. The lowest BCUT2D eigenvalue weighted by Crippen LogP contribution is -2.39. The van der Waals surface area contributed by atoms with Gasteiger partial charge in [-0.2, -0.15) is 31.3 Å². The van der Waals surface area contributed by atoms with Crippen LogP contribution in [0.25, 0.3) is 12.2 Å². The minimum Gasteiger partial charge on any atom is -0.478 e. The van der Waals surface area contributed by atoms with Crippen LogP contribution >= 0.6 is 23.2 Å². The van der Waals surface area contributed by atoms with Gasteiger partial charge in [0.2, 0.25) is 6.08 Å². The van der Waals surface area contributed by atoms with Gasteiger partial charge in [-0.25, -0.2) is 19.2 Å². The van der Waals surface area contributed by atoms with Crippen LogP contribution < -0.4 is 10.6 Å². The van der Waals surface area contributed by atoms with Crippen molar-refractivity contribution < 1.29 is 55.4 Å². The van der Waals surface area contributed by atoms with E-state index in [1.54, 1.807) is 24.3 Å². The molecule has 0 unspecified atom stereocenters. The van der Waals surface area contributed by atoms with Crippen molar-refractivity contribution in [1.82, 2.24) is 10.2 Å². The van der Waals surface area contributed by atoms with Gasteiger partial charge in [0.25, 0.3) is 0 Å². The first-order chi connectivity index (χ1) is 28.9. The first kappa shape index (κ1) is 47.7. The standard InChI is InChI=1S/C21H18ClF3N2O3.C14H17NO2.C8H3ClF3NO/c22-18-6-5-16(12-17(18)21(23,24)25)26-20(30)27-9-7-14(8-10-27)11-13-1-3-15(4-2-13)19(28)29;1-17-14(16)13-4-2-11(3-5-13)10-12-6-8-15-9-7-12;9-7-2-1-5(13-4-14)3-6(7)8(10,11)12/h1-6,11-12H,7-10H2,(H,26,30)(H,28,29);2-5,10,15H,6-9H2,1H3;1-3H. The van der Waals surface area contributed by atoms with Crippen LogP contribution in [0.3, 0.4) is 0 Å². The van der Waals surface area contributed by atoms with Crippen molar-refractivity contribution >= 4 is 70.8 Å². The second-order valence-electron chi connectivity index (χ2n) is 13.4. The number of aromatic carboxylic acids is 1. The summed E-state index contributed by atoms with van der Waals surface area (Å²) >= 11 is 10.9. The number of amides is 2. The molecule has 2 aliphatic heterocycles. The summed E-state index contributed by atoms with van der Waals surface area (Å²) in [5, 5.41) is 13.9. The average Bonchev–Trinajstić information content (AvgIpc) is 3.23. The molecule has 10 nitrogen and oxygen atoms in total. The number of hydrogen-bond acceptors (Lipinski definition) is 7. The van der Waals surface area contributed by atoms with Crippen molar-refractivity contribution in [2.24, 2.45) is 4.99 Å². The van der Waals surface area contributed by atoms with Crippen LogP contribution in [0.1, 0.15) is 68.7 Å². The Morgan fingerprint density at radius 1 is 0.754 bits per heavy atom. The maximum Gasteiger partial charge on any atom is 0.417 e. The molecule has 2 saturated heterocycles. The highest BCUT2D eigenvalue weighted by Crippen LogP contribution is 2.37. The summed E-state index contributed by atoms with van der Waals surface area (Å²) in [6.45, 7) is 2.97. The Morgan fingerprint density at radius 2 is 1.25 bits per heavy atom. The number of isocyanates is 1. The number of carboxylic acid groups (broad SMARTS) is 1. The van der Waals surface area contributed by atoms with E-state index in [1.165, 1.54) is 41.8 Å². The number of ether oxygens (including phenoxy) is 1. The Labute approximate surface area is 356 Å². The van der Waals surface area contributed by atoms with Gasteiger partial charge in [0.05, 0.1) is 45.1 Å². The minimum absolute atomic E-state index is 0.0246. The number of piperidine rings is 2. The topological polar surface area (TPSA) is 137 Å². The summed E-state index contributed by atoms with van der Waals surface area (Å²) in [4.78, 5) is 49.0. The number of nitrogens with zero attached hydrogens (tertiary/aromatic N) is 2. The molecule has 0 atom stereocenters. The monoisotopic (exact) mass is 890 g/mol. The Hall–Kier alpha value is -5.93. The quantitative estimate of drug-likeness (QED) is 0.0758. The average molecular weight is 892 g/mol. The van der Waals surface area contributed by atoms with E-state index < -0.39 is 45.5 Å². The molecule has 4 aromatic carbocycles. The number of likely N-dealkylation sites (tertiary alicyclic amines) is 1. The number of esters is 1. The Bertz CT molecular complexity index is 2270. The molecule has 0 aliphatic carbocycles. The summed E-state index contributed by atoms with van der Waals surface area (Å²) in [7, 11) is 1.40. The third-order valence-corrected chi connectivity index (χ3v) is 9.78. The summed E-state index contributed by atoms with van der Waals surface area (Å²) in [6, 6.07) is 19.7. The van der Waals surface area contributed by atoms with Crippen molar-refractivity contribution in [3.8, 4) is 0 Å². The van der Waals surface area contributed by atoms with Crippen LogP contribution in [0, 0.1) is 0 Å². The zero-order valence-electron chi connectivity index (χ0n) is 32.3. The van der Waals surface area contributed by atoms with Crippen LogP contribution in [0.2, 0.25) is 10.0 Å². The molecular weight excluding hydrogens is 853 g/mol. The number of carboxylic acids is 1. The highest BCUT2D eigenvalue weighted by atomic mass is 35.5. The smallest absolute Gasteiger partial charge is 0.417 e. The number of halogens is 8. The second kappa shape index (κ2) is 22.1. The van der Waals surface area contributed by atoms with Crippen LogP contribution in [-0.2, 0) is 21.9 Å². The number of carbonyl (C=O) groups excluding carboxylic acids is 3. The van der Waals surface area contributed by atoms with Gasteiger partial charge in [-0.1, -0.05) is 70.8 Å². The fourth-order valence-electron chi connectivity index (χ4n) is 5.94. The summed E-state index contributed by atoms with van der Waals surface area (Å²) in [6.07, 6.45) is -0.398. The van der Waals surface area contributed by atoms with Gasteiger partial charge in [-0.05, 0) is 111 Å². The van der Waals surface area contributed by atoms with Gasteiger partial charge in [-0.3, -0.25) is 0 Å². The Kier molecular flexibility index (Phi) is 17.3. The predicted octanol–water partition coefficient (Wildman–Crippen LogP) is 11.3. The molecule has 2 fully saturated rings. The van der Waals surface area contributed by atoms with E-state index in [0.29, 0.717) is 37.6 Å². The SMILES string of the molecule is COC(=O)c1ccc(C=C2CCNCC2)cc1.O=C(O)c1ccc(C=C2CCN(C(=O)Nc3ccc(Cl)c(C(F)(F)F)c3)CC2)cc1.O=C=Nc1ccc(Cl)c(C(F)(F)F)c1. The van der Waals surface area contributed by atoms with Gasteiger partial charge < -0.3 is 25.4 Å². The van der Waals surface area contributed by atoms with Gasteiger partial charge in [0.15, 0.2) is 0 Å². The Morgan fingerprint density at radius 3 is 1.74 bits per heavy atom. The third-order valence-electron chi connectivity index (χ3n) is 9.12. The number of aliphatic imine (C=N–C) groups is 1. The van der Waals surface area contributed by atoms with Crippen molar-refractivity contribution in [3.63, 3.8) is 0 Å². The molecule has 0 saturated carbocycles. The second-order valence-corrected chi connectivity index (χ2v) is 14.2. The van der Waals surface area contributed by atoms with Crippen molar-refractivity contribution in [1.29, 1.82) is 0 Å². The summed E-state index contributed by atoms with van der Waals surface area (Å²) < 4.78 is 80.3. The lowest BCUT2D eigenvalue weighted by molar-refractivity contribution is -0.138. The molecule has 0 radical (unpaired) electrons. The molecule has 2 heterocycles. The van der Waals surface area contributed by atoms with Crippen LogP contribution in [0.4, 0.5) is 42.5 Å². The maximum absolute atomic E-state index is 13.0. The van der Waals surface area contributed by atoms with E-state index in [0.717, 1.165) is 66.9 Å². The number of urea groups is 1. The number of hydrogen-bond donors (Lipinski definition) is 3. The highest BCUT2D eigenvalue weighted by Gasteiger charge is 2.34. The lowest BCUT2D eigenvalue weighted by atomic mass is 10.0. The highest BCUT2D eigenvalue weighted by molar-refractivity contribution is 6.31. The zero-order valence-corrected chi connectivity index (χ0v) is 33.8. The van der Waals surface area contributed by atoms with Gasteiger partial charge in [-0.15, -0.1) is 0 Å². The van der Waals surface area contributed by atoms with Crippen molar-refractivity contribution in [2.45, 2.75) is 38.0 Å². The zero-order chi connectivity index (χ0) is 44.7. The number of methoxy groups -OCH3 is 1. The van der Waals surface area contributed by atoms with E-state index in [-0.39, 0.29) is 22.9 Å². The molecule has 0 spiro atoms. The van der Waals surface area contributed by atoms with E-state index in [9.17, 15) is 45.5 Å². The fraction of sp³-hybridized carbons (Fsp3) is 0.256. The molecule has 6 rings (SSSR count). The molecule has 0 bridgehead atoms. The summed E-state index contributed by atoms with van der Waals surface area (Å²) in [5.41, 5.74) is 3.27. The van der Waals surface area contributed by atoms with Crippen LogP contribution in [-0.4, -0.2) is 67.3 Å². The van der Waals surface area contributed by atoms with E-state index >= 15 is 0 Å². The number of alkyl halides is 6. The Balaban J connectivity index is 0.000000223. The molecule has 2 amide bonds. The molecule has 4 aromatic rings. The minimum atomic E-state index is -4.61. The van der Waals surface area contributed by atoms with E-state index in [1.807, 2.05) is 18.2 Å². The third kappa shape index (κ3) is 14.9. The largest absolute Gasteiger partial charge is 0.478 e. The molecule has 61 heavy (non-hydrogen) atoms. The molecule has 322 valence electrons. The van der Waals surface area contributed by atoms with E-state index in [2.05, 4.69) is 26.4 Å². The number of anilines is 1. The first-order valence-corrected chi connectivity index (χ1v) is 19.1. The molecule has 18 heteroatoms. The number of nitrogens with one attached hydrogen (secondary N) is 2. The molecule has 3 N–H and O–H groups in total. The normalized spacial score (nSPS) is 13.9. The predicted molar refractivity (Wildman–Crippen MR) is 220 cm³/mol. The van der Waals surface area contributed by atoms with Crippen LogP contribution in [0.5, 0.6) is 0 Å². The molecular formula is C43H38Cl2F6N4O6. The van der Waals surface area contributed by atoms with Crippen LogP contribution in [0.15, 0.2) is 101 Å². The van der Waals surface area contributed by atoms with Crippen molar-refractivity contribution in [2.75, 3.05) is 38.6 Å². The van der Waals surface area contributed by atoms with Gasteiger partial charge in [0, 0.05) is 18.8 Å². The lowest BCUT2D eigenvalue weighted by Gasteiger charge is -2.28. The summed E-state index contributed by atoms with van der Waals surface area (Å²) in [5.74, 6) is -1.28. The number of carbonyl (C=O) groups is 3. The van der Waals surface area contributed by atoms with Crippen molar-refractivity contribution in [3.05, 3.63) is 140 Å². The first-order valence-electron chi connectivity index (χ1n) is 18.4. The number of rotatable bonds is 6. The molecule has 2 aliphatic rings. The van der Waals surface area contributed by atoms with Gasteiger partial charge in [0.1, 0.15) is 0 Å². The number of benzene rings is 4. The van der Waals surface area contributed by atoms with Gasteiger partial charge >= 0.3 is 30.3 Å².